The smallest absolute Gasteiger partial charge is 0.297 e. The number of anilines is 2. The first kappa shape index (κ1) is 25.4. The molecule has 1 fully saturated rings. The third kappa shape index (κ3) is 4.59. The normalized spacial score (nSPS) is 15.6. The number of nitrogens with zero attached hydrogens (tertiary/aromatic N) is 5. The van der Waals surface area contributed by atoms with Crippen molar-refractivity contribution in [2.75, 3.05) is 23.9 Å². The highest BCUT2D eigenvalue weighted by Crippen LogP contribution is 2.38. The summed E-state index contributed by atoms with van der Waals surface area (Å²) in [6.45, 7) is 3.82. The summed E-state index contributed by atoms with van der Waals surface area (Å²) in [5.74, 6) is -0.170. The maximum Gasteiger partial charge on any atom is 0.297 e. The van der Waals surface area contributed by atoms with E-state index in [-0.39, 0.29) is 11.5 Å². The molecule has 7 nitrogen and oxygen atoms in total. The number of hydrogen-bond donors (Lipinski definition) is 0. The van der Waals surface area contributed by atoms with Crippen LogP contribution in [0.5, 0.6) is 0 Å². The zero-order chi connectivity index (χ0) is 27.0. The topological polar surface area (TPSA) is 62.8 Å². The van der Waals surface area contributed by atoms with E-state index in [2.05, 4.69) is 0 Å². The molecule has 1 aliphatic rings. The van der Waals surface area contributed by atoms with Crippen molar-refractivity contribution in [2.45, 2.75) is 13.8 Å². The van der Waals surface area contributed by atoms with Gasteiger partial charge in [-0.05, 0) is 73.1 Å². The van der Waals surface area contributed by atoms with Gasteiger partial charge in [-0.3, -0.25) is 19.2 Å². The van der Waals surface area contributed by atoms with Gasteiger partial charge in [0, 0.05) is 26.8 Å². The van der Waals surface area contributed by atoms with Gasteiger partial charge < -0.3 is 4.90 Å². The molecular formula is C30H29N5O2S. The Morgan fingerprint density at radius 1 is 0.868 bits per heavy atom. The van der Waals surface area contributed by atoms with E-state index in [1.54, 1.807) is 14.3 Å². The van der Waals surface area contributed by atoms with Crippen LogP contribution in [0, 0.1) is 13.8 Å². The van der Waals surface area contributed by atoms with Crippen LogP contribution in [-0.4, -0.2) is 34.5 Å². The molecule has 1 aliphatic heterocycles. The van der Waals surface area contributed by atoms with Crippen LogP contribution in [0.1, 0.15) is 16.8 Å². The van der Waals surface area contributed by atoms with Crippen LogP contribution in [0.3, 0.4) is 0 Å². The molecule has 38 heavy (non-hydrogen) atoms. The number of thioether (sulfide) groups is 1. The van der Waals surface area contributed by atoms with Crippen molar-refractivity contribution in [3.05, 3.63) is 111 Å². The number of amides is 1. The highest BCUT2D eigenvalue weighted by molar-refractivity contribution is 8.19. The van der Waals surface area contributed by atoms with Crippen LogP contribution in [0.25, 0.3) is 11.8 Å². The Morgan fingerprint density at radius 2 is 1.53 bits per heavy atom. The molecule has 0 aliphatic carbocycles. The fraction of sp³-hybridized carbons (Fsp3) is 0.167. The molecule has 192 valence electrons. The Kier molecular flexibility index (Phi) is 6.82. The molecule has 1 amide bonds. The number of carbonyl (C=O) groups is 1. The maximum absolute atomic E-state index is 13.8. The van der Waals surface area contributed by atoms with Gasteiger partial charge in [0.15, 0.2) is 10.9 Å². The SMILES string of the molecule is Cc1ccccc1N1C(=O)C(=Cc2ccc(N(C)C)cc2)SC1=Nc1c(C)n(C)n(-c2ccccc2)c1=O. The van der Waals surface area contributed by atoms with Gasteiger partial charge in [-0.15, -0.1) is 0 Å². The third-order valence-corrected chi connectivity index (χ3v) is 7.57. The number of amidine groups is 1. The Labute approximate surface area is 226 Å². The molecule has 3 aromatic carbocycles. The van der Waals surface area contributed by atoms with Crippen LogP contribution < -0.4 is 15.4 Å². The van der Waals surface area contributed by atoms with Crippen molar-refractivity contribution in [2.24, 2.45) is 12.0 Å². The second-order valence-corrected chi connectivity index (χ2v) is 10.3. The molecule has 8 heteroatoms. The first-order valence-corrected chi connectivity index (χ1v) is 13.1. The van der Waals surface area contributed by atoms with Gasteiger partial charge in [0.05, 0.1) is 22.0 Å². The third-order valence-electron chi connectivity index (χ3n) is 6.60. The highest BCUT2D eigenvalue weighted by Gasteiger charge is 2.36. The lowest BCUT2D eigenvalue weighted by atomic mass is 10.1. The van der Waals surface area contributed by atoms with Crippen LogP contribution in [-0.2, 0) is 11.8 Å². The Hall–Kier alpha value is -4.30. The summed E-state index contributed by atoms with van der Waals surface area (Å²) in [6.07, 6.45) is 1.88. The summed E-state index contributed by atoms with van der Waals surface area (Å²) in [5, 5.41) is 0.450. The molecule has 0 unspecified atom stereocenters. The van der Waals surface area contributed by atoms with E-state index in [0.29, 0.717) is 21.5 Å². The standard InChI is InChI=1S/C30H29N5O2S/c1-20-11-9-10-14-25(20)34-28(36)26(19-22-15-17-23(18-16-22)32(3)4)38-30(34)31-27-21(2)33(5)35(29(27)37)24-12-7-6-8-13-24/h6-19H,1-5H3. The second kappa shape index (κ2) is 10.2. The zero-order valence-corrected chi connectivity index (χ0v) is 22.9. The number of rotatable bonds is 5. The average molecular weight is 524 g/mol. The lowest BCUT2D eigenvalue weighted by Gasteiger charge is -2.17. The molecule has 5 rings (SSSR count). The first-order chi connectivity index (χ1) is 18.3. The molecule has 1 aromatic heterocycles. The van der Waals surface area contributed by atoms with Crippen LogP contribution in [0.15, 0.2) is 93.6 Å². The molecule has 0 N–H and O–H groups in total. The van der Waals surface area contributed by atoms with Gasteiger partial charge in [-0.1, -0.05) is 48.5 Å². The highest BCUT2D eigenvalue weighted by atomic mass is 32.2. The van der Waals surface area contributed by atoms with E-state index < -0.39 is 0 Å². The number of aryl methyl sites for hydroxylation is 1. The monoisotopic (exact) mass is 523 g/mol. The number of aliphatic imine (C=N–C) groups is 1. The van der Waals surface area contributed by atoms with Crippen LogP contribution in [0.4, 0.5) is 17.1 Å². The fourth-order valence-electron chi connectivity index (χ4n) is 4.37. The Bertz CT molecular complexity index is 1630. The Morgan fingerprint density at radius 3 is 2.18 bits per heavy atom. The van der Waals surface area contributed by atoms with Crippen molar-refractivity contribution < 1.29 is 4.79 Å². The van der Waals surface area contributed by atoms with Gasteiger partial charge in [0.2, 0.25) is 0 Å². The molecular weight excluding hydrogens is 494 g/mol. The van der Waals surface area contributed by atoms with Crippen molar-refractivity contribution in [3.8, 4) is 5.69 Å². The minimum absolute atomic E-state index is 0.170. The minimum Gasteiger partial charge on any atom is -0.378 e. The van der Waals surface area contributed by atoms with Crippen molar-refractivity contribution in [3.63, 3.8) is 0 Å². The van der Waals surface area contributed by atoms with E-state index in [0.717, 1.165) is 28.2 Å². The summed E-state index contributed by atoms with van der Waals surface area (Å²) in [4.78, 5) is 36.3. The van der Waals surface area contributed by atoms with Crippen molar-refractivity contribution in [1.29, 1.82) is 0 Å². The molecule has 0 saturated carbocycles. The molecule has 1 saturated heterocycles. The summed E-state index contributed by atoms with van der Waals surface area (Å²) in [7, 11) is 5.82. The molecule has 0 atom stereocenters. The quantitative estimate of drug-likeness (QED) is 0.316. The lowest BCUT2D eigenvalue weighted by molar-refractivity contribution is -0.113. The largest absolute Gasteiger partial charge is 0.378 e. The van der Waals surface area contributed by atoms with E-state index in [4.69, 9.17) is 4.99 Å². The van der Waals surface area contributed by atoms with E-state index >= 15 is 0 Å². The molecule has 2 heterocycles. The van der Waals surface area contributed by atoms with Gasteiger partial charge in [0.1, 0.15) is 0 Å². The predicted molar refractivity (Wildman–Crippen MR) is 158 cm³/mol. The molecule has 4 aromatic rings. The minimum atomic E-state index is -0.238. The summed E-state index contributed by atoms with van der Waals surface area (Å²) < 4.78 is 3.39. The lowest BCUT2D eigenvalue weighted by Crippen LogP contribution is -2.29. The predicted octanol–water partition coefficient (Wildman–Crippen LogP) is 5.67. The molecule has 0 radical (unpaired) electrons. The number of benzene rings is 3. The van der Waals surface area contributed by atoms with Gasteiger partial charge in [-0.2, -0.15) is 0 Å². The number of carbonyl (C=O) groups excluding carboxylic acids is 1. The van der Waals surface area contributed by atoms with Crippen LogP contribution in [0.2, 0.25) is 0 Å². The molecule has 0 bridgehead atoms. The van der Waals surface area contributed by atoms with Gasteiger partial charge in [-0.25, -0.2) is 9.67 Å². The van der Waals surface area contributed by atoms with Crippen LogP contribution >= 0.6 is 11.8 Å². The molecule has 0 spiro atoms. The maximum atomic E-state index is 13.8. The van der Waals surface area contributed by atoms with E-state index in [9.17, 15) is 9.59 Å². The van der Waals surface area contributed by atoms with Crippen molar-refractivity contribution in [1.82, 2.24) is 9.36 Å². The fourth-order valence-corrected chi connectivity index (χ4v) is 5.35. The number of hydrogen-bond acceptors (Lipinski definition) is 5. The van der Waals surface area contributed by atoms with Crippen molar-refractivity contribution >= 4 is 46.0 Å². The Balaban J connectivity index is 1.63. The average Bonchev–Trinajstić information content (AvgIpc) is 3.32. The first-order valence-electron chi connectivity index (χ1n) is 12.3. The number of para-hydroxylation sites is 2. The summed E-state index contributed by atoms with van der Waals surface area (Å²) in [5.41, 5.74) is 5.21. The number of aromatic nitrogens is 2. The second-order valence-electron chi connectivity index (χ2n) is 9.33. The zero-order valence-electron chi connectivity index (χ0n) is 22.0. The van der Waals surface area contributed by atoms with Gasteiger partial charge in [0.25, 0.3) is 11.5 Å². The van der Waals surface area contributed by atoms with Gasteiger partial charge >= 0.3 is 0 Å². The summed E-state index contributed by atoms with van der Waals surface area (Å²) in [6, 6.07) is 25.2. The van der Waals surface area contributed by atoms with E-state index in [1.165, 1.54) is 11.8 Å². The van der Waals surface area contributed by atoms with E-state index in [1.807, 2.05) is 125 Å². The summed E-state index contributed by atoms with van der Waals surface area (Å²) >= 11 is 1.28.